The van der Waals surface area contributed by atoms with Crippen molar-refractivity contribution < 1.29 is 42.0 Å². The number of fused-ring (bicyclic) bond motifs is 2. The van der Waals surface area contributed by atoms with Crippen LogP contribution in [0.5, 0.6) is 5.75 Å². The molecule has 0 bridgehead atoms. The summed E-state index contributed by atoms with van der Waals surface area (Å²) in [6.07, 6.45) is 5.30. The molecule has 402 valence electrons. The number of aliphatic hydroxyl groups is 2. The molecule has 20 nitrogen and oxygen atoms in total. The third-order valence-electron chi connectivity index (χ3n) is 14.0. The van der Waals surface area contributed by atoms with Gasteiger partial charge in [0.15, 0.2) is 11.2 Å². The lowest BCUT2D eigenvalue weighted by Gasteiger charge is -2.27. The number of benzene rings is 3. The maximum atomic E-state index is 12.8. The molecule has 8 aromatic heterocycles. The SMILES string of the molecule is COc1ccc(Cn2cc(C(O)(c3ccccn3)c3cc(-c4c(C)noc4C)cc4[nH]c(C5CC5)nc34)nn2)cc1.Cc1noc(C)c1-c1cc(C(O)(c2ccccn2)c2cn[nH]n2)c2nc(C3CC3)[nH]c2c1.O=CC(F)(F)F. The zero-order chi connectivity index (χ0) is 55.2. The molecule has 5 N–H and O–H groups in total. The van der Waals surface area contributed by atoms with E-state index in [9.17, 15) is 23.4 Å². The van der Waals surface area contributed by atoms with Crippen molar-refractivity contribution >= 4 is 28.4 Å². The van der Waals surface area contributed by atoms with Crippen LogP contribution in [0.1, 0.15) is 112 Å². The number of carbonyl (C=O) groups is 1. The fourth-order valence-corrected chi connectivity index (χ4v) is 9.81. The number of alkyl halides is 3. The predicted molar refractivity (Wildman–Crippen MR) is 279 cm³/mol. The fourth-order valence-electron chi connectivity index (χ4n) is 9.81. The van der Waals surface area contributed by atoms with Crippen LogP contribution in [-0.4, -0.2) is 100 Å². The van der Waals surface area contributed by atoms with Crippen molar-refractivity contribution in [2.45, 2.75) is 89.1 Å². The van der Waals surface area contributed by atoms with Gasteiger partial charge in [0.05, 0.1) is 70.9 Å². The number of aromatic nitrogens is 14. The number of aryl methyl sites for hydroxylation is 4. The number of aromatic amines is 3. The van der Waals surface area contributed by atoms with Crippen molar-refractivity contribution in [1.29, 1.82) is 0 Å². The van der Waals surface area contributed by atoms with Gasteiger partial charge in [0.1, 0.15) is 40.3 Å². The van der Waals surface area contributed by atoms with E-state index in [0.29, 0.717) is 74.8 Å². The van der Waals surface area contributed by atoms with Gasteiger partial charge in [-0.05, 0) is 131 Å². The van der Waals surface area contributed by atoms with Crippen LogP contribution in [0.25, 0.3) is 44.3 Å². The van der Waals surface area contributed by atoms with Crippen LogP contribution in [0.15, 0.2) is 119 Å². The first-order valence-electron chi connectivity index (χ1n) is 25.2. The average molecular weight is 1070 g/mol. The first kappa shape index (κ1) is 51.9. The summed E-state index contributed by atoms with van der Waals surface area (Å²) in [5.41, 5.74) is 8.30. The molecule has 3 aromatic carbocycles. The zero-order valence-electron chi connectivity index (χ0n) is 43.2. The third kappa shape index (κ3) is 10.2. The van der Waals surface area contributed by atoms with Crippen LogP contribution < -0.4 is 4.74 Å². The quantitative estimate of drug-likeness (QED) is 0.0673. The molecular weight excluding hydrogens is 1020 g/mol. The molecule has 0 radical (unpaired) electrons. The Morgan fingerprint density at radius 1 is 0.709 bits per heavy atom. The van der Waals surface area contributed by atoms with E-state index in [1.165, 1.54) is 6.20 Å². The Morgan fingerprint density at radius 2 is 1.22 bits per heavy atom. The number of imidazole rings is 2. The highest BCUT2D eigenvalue weighted by Crippen LogP contribution is 2.46. The van der Waals surface area contributed by atoms with Gasteiger partial charge in [-0.3, -0.25) is 14.8 Å². The number of rotatable bonds is 13. The lowest BCUT2D eigenvalue weighted by atomic mass is 9.84. The van der Waals surface area contributed by atoms with Crippen molar-refractivity contribution in [2.24, 2.45) is 0 Å². The smallest absolute Gasteiger partial charge is 0.446 e. The van der Waals surface area contributed by atoms with E-state index in [0.717, 1.165) is 93.3 Å². The van der Waals surface area contributed by atoms with Gasteiger partial charge in [-0.15, -0.1) is 5.10 Å². The fraction of sp³-hybridized carbons (Fsp3) is 0.268. The Bertz CT molecular complexity index is 3900. The van der Waals surface area contributed by atoms with Gasteiger partial charge in [0, 0.05) is 46.5 Å². The third-order valence-corrected chi connectivity index (χ3v) is 14.0. The van der Waals surface area contributed by atoms with Gasteiger partial charge >= 0.3 is 6.18 Å². The first-order valence-corrected chi connectivity index (χ1v) is 25.2. The van der Waals surface area contributed by atoms with Gasteiger partial charge in [0.25, 0.3) is 0 Å². The summed E-state index contributed by atoms with van der Waals surface area (Å²) in [6.45, 7) is 8.05. The molecule has 0 spiro atoms. The number of pyridine rings is 2. The summed E-state index contributed by atoms with van der Waals surface area (Å²) >= 11 is 0. The minimum atomic E-state index is -4.64. The molecule has 11 aromatic rings. The predicted octanol–water partition coefficient (Wildman–Crippen LogP) is 9.30. The number of carbonyl (C=O) groups excluding carboxylic acids is 1. The van der Waals surface area contributed by atoms with Crippen molar-refractivity contribution in [2.75, 3.05) is 7.11 Å². The Hall–Kier alpha value is -9.22. The summed E-state index contributed by atoms with van der Waals surface area (Å²) in [5.74, 6) is 4.85. The molecule has 2 atom stereocenters. The molecule has 0 amide bonds. The normalized spacial score (nSPS) is 15.0. The van der Waals surface area contributed by atoms with Gasteiger partial charge in [0.2, 0.25) is 6.29 Å². The van der Waals surface area contributed by atoms with Gasteiger partial charge in [-0.25, -0.2) is 14.6 Å². The standard InChI is InChI=1S/C31H29N7O3.C23H21N7O2.C2HF3O/c1-18-28(19(2)41-36-18)22-14-24(29-25(15-22)33-30(34-29)21-9-10-21)31(39,26-6-4-5-13-32-26)27-17-38(37-35-27)16-20-7-11-23(40-3)12-8-20;1-12-20(13(2)32-29-12)15-9-16(21-17(10-15)26-22(27-21)14-6-7-14)23(31,19-11-25-30-28-19)18-5-3-4-8-24-18;3-2(4,5)1-6/h4-8,11-15,17,21,39H,9-10,16H2,1-3H3,(H,33,34);3-5,8-11,14,31H,6-7H2,1-2H3,(H,26,27)(H,25,28,30);1H. The first-order chi connectivity index (χ1) is 38.0. The number of aldehydes is 1. The van der Waals surface area contributed by atoms with E-state index in [1.54, 1.807) is 42.5 Å². The van der Waals surface area contributed by atoms with Gasteiger partial charge < -0.3 is 34.0 Å². The lowest BCUT2D eigenvalue weighted by Crippen LogP contribution is -2.31. The number of halogens is 3. The second-order valence-electron chi connectivity index (χ2n) is 19.5. The molecule has 79 heavy (non-hydrogen) atoms. The molecular formula is C56H51F3N14O6. The van der Waals surface area contributed by atoms with Crippen LogP contribution in [0.2, 0.25) is 0 Å². The second-order valence-corrected chi connectivity index (χ2v) is 19.5. The monoisotopic (exact) mass is 1070 g/mol. The lowest BCUT2D eigenvalue weighted by molar-refractivity contribution is -0.156. The summed E-state index contributed by atoms with van der Waals surface area (Å²) in [4.78, 5) is 34.7. The van der Waals surface area contributed by atoms with E-state index in [1.807, 2.05) is 100 Å². The summed E-state index contributed by atoms with van der Waals surface area (Å²) < 4.78 is 49.2. The van der Waals surface area contributed by atoms with Crippen LogP contribution in [0.4, 0.5) is 13.2 Å². The van der Waals surface area contributed by atoms with Crippen molar-refractivity contribution in [3.05, 3.63) is 184 Å². The van der Waals surface area contributed by atoms with E-state index < -0.39 is 23.7 Å². The zero-order valence-corrected chi connectivity index (χ0v) is 43.2. The highest BCUT2D eigenvalue weighted by atomic mass is 19.4. The molecule has 0 aliphatic heterocycles. The topological polar surface area (TPSA) is 274 Å². The minimum absolute atomic E-state index is 0.337. The Balaban J connectivity index is 0.000000155. The maximum absolute atomic E-state index is 12.8. The molecule has 2 aliphatic rings. The Morgan fingerprint density at radius 3 is 1.62 bits per heavy atom. The number of nitrogens with one attached hydrogen (secondary N) is 3. The van der Waals surface area contributed by atoms with Gasteiger partial charge in [-0.2, -0.15) is 28.6 Å². The highest BCUT2D eigenvalue weighted by Gasteiger charge is 2.43. The van der Waals surface area contributed by atoms with E-state index in [-0.39, 0.29) is 0 Å². The highest BCUT2D eigenvalue weighted by molar-refractivity contribution is 5.89. The minimum Gasteiger partial charge on any atom is -0.497 e. The Kier molecular flexibility index (Phi) is 13.5. The number of H-pyrrole nitrogens is 3. The van der Waals surface area contributed by atoms with Crippen molar-refractivity contribution in [3.8, 4) is 28.0 Å². The van der Waals surface area contributed by atoms with E-state index in [2.05, 4.69) is 56.0 Å². The summed E-state index contributed by atoms with van der Waals surface area (Å²) in [7, 11) is 1.64. The van der Waals surface area contributed by atoms with Crippen molar-refractivity contribution in [3.63, 3.8) is 0 Å². The van der Waals surface area contributed by atoms with E-state index >= 15 is 0 Å². The van der Waals surface area contributed by atoms with Gasteiger partial charge in [-0.1, -0.05) is 39.8 Å². The number of ether oxygens (including phenoxy) is 1. The average Bonchev–Trinajstić information content (AvgIpc) is 4.19. The molecule has 2 unspecified atom stereocenters. The molecule has 2 fully saturated rings. The largest absolute Gasteiger partial charge is 0.497 e. The van der Waals surface area contributed by atoms with Crippen LogP contribution in [0.3, 0.4) is 0 Å². The van der Waals surface area contributed by atoms with Crippen LogP contribution in [0, 0.1) is 27.7 Å². The van der Waals surface area contributed by atoms with Crippen molar-refractivity contribution in [1.82, 2.24) is 70.6 Å². The van der Waals surface area contributed by atoms with Crippen LogP contribution >= 0.6 is 0 Å². The molecule has 23 heteroatoms. The number of hydrogen-bond acceptors (Lipinski definition) is 16. The summed E-state index contributed by atoms with van der Waals surface area (Å²) in [6, 6.07) is 26.6. The number of methoxy groups -OCH3 is 1. The second kappa shape index (κ2) is 20.6. The molecule has 2 aliphatic carbocycles. The summed E-state index contributed by atoms with van der Waals surface area (Å²) in [5, 5.41) is 53.0. The Labute approximate surface area is 447 Å². The molecule has 8 heterocycles. The maximum Gasteiger partial charge on any atom is 0.446 e. The van der Waals surface area contributed by atoms with E-state index in [4.69, 9.17) is 28.5 Å². The number of hydrogen-bond donors (Lipinski definition) is 5. The molecule has 13 rings (SSSR count). The van der Waals surface area contributed by atoms with Crippen LogP contribution in [-0.2, 0) is 22.5 Å². The molecule has 2 saturated carbocycles. The number of nitrogens with zero attached hydrogens (tertiary/aromatic N) is 11. The molecule has 0 saturated heterocycles.